The predicted octanol–water partition coefficient (Wildman–Crippen LogP) is 3.61. The highest BCUT2D eigenvalue weighted by atomic mass is 16.4. The van der Waals surface area contributed by atoms with Crippen LogP contribution in [0.15, 0.2) is 60.7 Å². The topological polar surface area (TPSA) is 279 Å². The van der Waals surface area contributed by atoms with E-state index >= 15 is 0 Å². The van der Waals surface area contributed by atoms with Crippen molar-refractivity contribution < 1.29 is 48.3 Å². The maximum Gasteiger partial charge on any atom is 0.326 e. The van der Waals surface area contributed by atoms with E-state index in [1.165, 1.54) is 9.80 Å². The van der Waals surface area contributed by atoms with Crippen LogP contribution in [0.2, 0.25) is 0 Å². The number of carboxylic acid groups (broad SMARTS) is 1. The molecule has 19 nitrogen and oxygen atoms in total. The second-order valence-electron chi connectivity index (χ2n) is 22.1. The fourth-order valence-electron chi connectivity index (χ4n) is 9.85. The van der Waals surface area contributed by atoms with Crippen LogP contribution >= 0.6 is 0 Å². The summed E-state index contributed by atoms with van der Waals surface area (Å²) in [6, 6.07) is 8.85. The van der Waals surface area contributed by atoms with Crippen LogP contribution in [-0.2, 0) is 56.0 Å². The molecule has 9 N–H and O–H groups in total. The fourth-order valence-corrected chi connectivity index (χ4v) is 9.85. The second-order valence-corrected chi connectivity index (χ2v) is 22.1. The Bertz CT molecular complexity index is 2280. The number of carbonyl (C=O) groups excluding carboxylic acids is 8. The molecule has 2 aromatic rings. The van der Waals surface area contributed by atoms with Gasteiger partial charge in [0, 0.05) is 19.5 Å². The van der Waals surface area contributed by atoms with Gasteiger partial charge in [0.2, 0.25) is 47.3 Å². The highest BCUT2D eigenvalue weighted by Crippen LogP contribution is 2.27. The maximum absolute atomic E-state index is 14.5. The first-order chi connectivity index (χ1) is 36.0. The number of carboxylic acids is 1. The summed E-state index contributed by atoms with van der Waals surface area (Å²) < 4.78 is 0. The maximum atomic E-state index is 14.5. The number of carbonyl (C=O) groups is 9. The Hall–Kier alpha value is -6.37. The largest absolute Gasteiger partial charge is 0.480 e. The van der Waals surface area contributed by atoms with Crippen molar-refractivity contribution in [1.82, 2.24) is 41.7 Å². The minimum Gasteiger partial charge on any atom is -0.480 e. The summed E-state index contributed by atoms with van der Waals surface area (Å²) in [4.78, 5) is 128. The summed E-state index contributed by atoms with van der Waals surface area (Å²) >= 11 is 0. The molecule has 0 aliphatic carbocycles. The zero-order valence-corrected chi connectivity index (χ0v) is 46.4. The number of likely N-dealkylation sites (tertiary alicyclic amines) is 2. The van der Waals surface area contributed by atoms with Gasteiger partial charge in [0.15, 0.2) is 0 Å². The smallest absolute Gasteiger partial charge is 0.326 e. The van der Waals surface area contributed by atoms with Crippen LogP contribution in [0.3, 0.4) is 0 Å². The molecule has 0 bridgehead atoms. The molecule has 2 aliphatic heterocycles. The molecular weight excluding hydrogens is 971 g/mol. The molecule has 76 heavy (non-hydrogen) atoms. The lowest BCUT2D eigenvalue weighted by atomic mass is 9.93. The Morgan fingerprint density at radius 3 is 1.41 bits per heavy atom. The first-order valence-electron chi connectivity index (χ1n) is 27.5. The van der Waals surface area contributed by atoms with Gasteiger partial charge in [-0.25, -0.2) is 4.79 Å². The van der Waals surface area contributed by atoms with Gasteiger partial charge in [0.1, 0.15) is 48.3 Å². The van der Waals surface area contributed by atoms with Crippen molar-refractivity contribution in [3.8, 4) is 0 Å². The van der Waals surface area contributed by atoms with Crippen molar-refractivity contribution in [2.75, 3.05) is 13.1 Å². The second kappa shape index (κ2) is 29.8. The van der Waals surface area contributed by atoms with Crippen molar-refractivity contribution in [3.05, 3.63) is 71.8 Å². The molecule has 0 unspecified atom stereocenters. The van der Waals surface area contributed by atoms with Gasteiger partial charge < -0.3 is 52.5 Å². The van der Waals surface area contributed by atoms with E-state index < -0.39 is 125 Å². The van der Waals surface area contributed by atoms with Gasteiger partial charge in [-0.3, -0.25) is 38.4 Å². The van der Waals surface area contributed by atoms with E-state index in [9.17, 15) is 48.3 Å². The Kier molecular flexibility index (Phi) is 24.4. The van der Waals surface area contributed by atoms with Crippen molar-refractivity contribution >= 4 is 53.2 Å². The molecule has 2 heterocycles. The molecule has 2 saturated heterocycles. The Morgan fingerprint density at radius 2 is 0.934 bits per heavy atom. The van der Waals surface area contributed by atoms with Gasteiger partial charge in [0.05, 0.1) is 6.04 Å². The predicted molar refractivity (Wildman–Crippen MR) is 290 cm³/mol. The van der Waals surface area contributed by atoms with Crippen molar-refractivity contribution in [1.29, 1.82) is 0 Å². The summed E-state index contributed by atoms with van der Waals surface area (Å²) in [5.41, 5.74) is 7.95. The highest BCUT2D eigenvalue weighted by Gasteiger charge is 2.45. The van der Waals surface area contributed by atoms with Crippen LogP contribution in [0.1, 0.15) is 132 Å². The SMILES string of the molecule is CC[C@H](C)[C@H](NC(=O)[C@H](CC(C)C)NC(=O)[C@H](Cc1ccccc1)NC(=O)[C@@H](N)Cc1ccccc1)C(=O)N[C@H](C(=O)N[C@@H](CC(C)C)C(=O)N[C@H](C(=O)N1CCC[C@H]1C(=O)N1CCC[C@H]1C(=O)O)C(C)C)[C@@H](C)CC. The molecule has 2 aromatic carbocycles. The minimum absolute atomic E-state index is 0.0912. The van der Waals surface area contributed by atoms with Crippen molar-refractivity contribution in [2.45, 2.75) is 188 Å². The lowest BCUT2D eigenvalue weighted by Crippen LogP contribution is -2.62. The van der Waals surface area contributed by atoms with Crippen LogP contribution in [0.5, 0.6) is 0 Å². The van der Waals surface area contributed by atoms with Crippen LogP contribution in [0, 0.1) is 29.6 Å². The molecule has 2 fully saturated rings. The number of nitrogens with one attached hydrogen (secondary N) is 6. The van der Waals surface area contributed by atoms with Gasteiger partial charge in [-0.05, 0) is 85.7 Å². The average Bonchev–Trinajstić information content (AvgIpc) is 4.09. The number of rotatable bonds is 28. The molecule has 4 rings (SSSR count). The van der Waals surface area contributed by atoms with Gasteiger partial charge >= 0.3 is 5.97 Å². The number of nitrogens with zero attached hydrogens (tertiary/aromatic N) is 2. The Morgan fingerprint density at radius 1 is 0.526 bits per heavy atom. The fraction of sp³-hybridized carbons (Fsp3) is 0.632. The van der Waals surface area contributed by atoms with Gasteiger partial charge in [-0.15, -0.1) is 0 Å². The number of amides is 8. The third-order valence-electron chi connectivity index (χ3n) is 14.7. The zero-order chi connectivity index (χ0) is 56.4. The molecule has 19 heteroatoms. The van der Waals surface area contributed by atoms with Gasteiger partial charge in [-0.2, -0.15) is 0 Å². The van der Waals surface area contributed by atoms with Crippen molar-refractivity contribution in [2.24, 2.45) is 35.3 Å². The standard InChI is InChI=1S/C57H87N9O10/c1-11-36(9)47(53(71)61-42(30-34(5)6)51(69)62-46(35(7)8)56(74)65-27-19-25-44(65)55(73)66-28-20-26-45(66)57(75)76)64-54(72)48(37(10)12-2)63-52(70)41(29-33(3)4)60-50(68)43(32-39-23-17-14-18-24-39)59-49(67)40(58)31-38-21-15-13-16-22-38/h13-18,21-24,33-37,40-48H,11-12,19-20,25-32,58H2,1-10H3,(H,59,67)(H,60,68)(H,61,71)(H,62,69)(H,63,70)(H,64,72)(H,75,76)/t36-,37-,40-,41-,42-,43-,44-,45-,46-,47-,48-/m0/s1. The Balaban J connectivity index is 1.52. The number of hydrogen-bond acceptors (Lipinski definition) is 10. The van der Waals surface area contributed by atoms with E-state index in [0.717, 1.165) is 11.1 Å². The van der Waals surface area contributed by atoms with Crippen LogP contribution < -0.4 is 37.6 Å². The molecule has 0 aromatic heterocycles. The van der Waals surface area contributed by atoms with Gasteiger partial charge in [0.25, 0.3) is 0 Å². The third kappa shape index (κ3) is 17.9. The van der Waals surface area contributed by atoms with E-state index in [1.807, 2.05) is 102 Å². The molecule has 2 aliphatic rings. The number of benzene rings is 2. The number of aliphatic carboxylic acids is 1. The first kappa shape index (κ1) is 62.2. The molecule has 420 valence electrons. The van der Waals surface area contributed by atoms with Gasteiger partial charge in [-0.1, -0.05) is 143 Å². The lowest BCUT2D eigenvalue weighted by molar-refractivity contribution is -0.152. The van der Waals surface area contributed by atoms with E-state index in [0.29, 0.717) is 38.5 Å². The molecule has 0 radical (unpaired) electrons. The average molecular weight is 1060 g/mol. The van der Waals surface area contributed by atoms with E-state index in [-0.39, 0.29) is 50.6 Å². The third-order valence-corrected chi connectivity index (χ3v) is 14.7. The van der Waals surface area contributed by atoms with Crippen LogP contribution in [0.4, 0.5) is 0 Å². The summed E-state index contributed by atoms with van der Waals surface area (Å²) in [5, 5.41) is 26.9. The number of nitrogens with two attached hydrogens (primary N) is 1. The lowest BCUT2D eigenvalue weighted by Gasteiger charge is -2.34. The monoisotopic (exact) mass is 1060 g/mol. The van der Waals surface area contributed by atoms with Crippen molar-refractivity contribution in [3.63, 3.8) is 0 Å². The normalized spacial score (nSPS) is 19.1. The number of hydrogen-bond donors (Lipinski definition) is 8. The quantitative estimate of drug-likeness (QED) is 0.0610. The van der Waals surface area contributed by atoms with E-state index in [2.05, 4.69) is 31.9 Å². The van der Waals surface area contributed by atoms with E-state index in [1.54, 1.807) is 27.7 Å². The first-order valence-corrected chi connectivity index (χ1v) is 27.5. The van der Waals surface area contributed by atoms with Crippen LogP contribution in [0.25, 0.3) is 0 Å². The Labute approximate surface area is 449 Å². The molecule has 8 amide bonds. The minimum atomic E-state index is -1.16. The van der Waals surface area contributed by atoms with Crippen LogP contribution in [-0.4, -0.2) is 136 Å². The molecule has 0 saturated carbocycles. The van der Waals surface area contributed by atoms with E-state index in [4.69, 9.17) is 5.73 Å². The highest BCUT2D eigenvalue weighted by molar-refractivity contribution is 5.98. The molecule has 0 spiro atoms. The molecule has 11 atom stereocenters. The summed E-state index contributed by atoms with van der Waals surface area (Å²) in [6.07, 6.45) is 3.38. The summed E-state index contributed by atoms with van der Waals surface area (Å²) in [5.74, 6) is -7.20. The summed E-state index contributed by atoms with van der Waals surface area (Å²) in [7, 11) is 0. The summed E-state index contributed by atoms with van der Waals surface area (Å²) in [6.45, 7) is 18.9. The zero-order valence-electron chi connectivity index (χ0n) is 46.4. The molecular formula is C57H87N9O10.